The van der Waals surface area contributed by atoms with E-state index in [0.717, 1.165) is 47.0 Å². The lowest BCUT2D eigenvalue weighted by atomic mass is 10.0. The maximum atomic E-state index is 12.3. The Hall–Kier alpha value is -2.93. The summed E-state index contributed by atoms with van der Waals surface area (Å²) in [5.41, 5.74) is 3.24. The number of carbonyl (C=O) groups excluding carboxylic acids is 1. The smallest absolute Gasteiger partial charge is 0.261 e. The van der Waals surface area contributed by atoms with E-state index in [1.165, 1.54) is 4.88 Å². The van der Waals surface area contributed by atoms with Crippen LogP contribution in [-0.4, -0.2) is 34.5 Å². The molecule has 0 aliphatic carbocycles. The third-order valence-corrected chi connectivity index (χ3v) is 6.24. The molecular weight excluding hydrogens is 382 g/mol. The number of carbonyl (C=O) groups is 1. The van der Waals surface area contributed by atoms with Crippen LogP contribution in [0.2, 0.25) is 0 Å². The molecule has 1 amide bonds. The molecule has 1 aromatic carbocycles. The maximum absolute atomic E-state index is 12.3. The molecule has 1 aliphatic heterocycles. The van der Waals surface area contributed by atoms with Crippen LogP contribution in [0.3, 0.4) is 0 Å². The topological polar surface area (TPSA) is 71.3 Å². The zero-order valence-corrected chi connectivity index (χ0v) is 17.5. The van der Waals surface area contributed by atoms with E-state index in [2.05, 4.69) is 34.8 Å². The fourth-order valence-corrected chi connectivity index (χ4v) is 4.24. The number of amides is 1. The number of thiophene rings is 1. The molecule has 0 radical (unpaired) electrons. The van der Waals surface area contributed by atoms with Crippen molar-refractivity contribution in [3.63, 3.8) is 0 Å². The Morgan fingerprint density at radius 2 is 2.03 bits per heavy atom. The number of aliphatic imine (C=N–C) groups is 1. The van der Waals surface area contributed by atoms with Gasteiger partial charge >= 0.3 is 0 Å². The Morgan fingerprint density at radius 1 is 1.21 bits per heavy atom. The summed E-state index contributed by atoms with van der Waals surface area (Å²) in [6, 6.07) is 14.1. The van der Waals surface area contributed by atoms with Gasteiger partial charge in [0.2, 0.25) is 0 Å². The summed E-state index contributed by atoms with van der Waals surface area (Å²) in [7, 11) is 1.90. The lowest BCUT2D eigenvalue weighted by molar-refractivity contribution is 0.0952. The van der Waals surface area contributed by atoms with Crippen molar-refractivity contribution in [2.75, 3.05) is 18.4 Å². The fourth-order valence-electron chi connectivity index (χ4n) is 3.38. The number of benzene rings is 1. The number of aryl methyl sites for hydroxylation is 2. The number of anilines is 2. The summed E-state index contributed by atoms with van der Waals surface area (Å²) in [5, 5.41) is 10.7. The van der Waals surface area contributed by atoms with Crippen LogP contribution in [0.5, 0.6) is 0 Å². The van der Waals surface area contributed by atoms with Gasteiger partial charge in [0.15, 0.2) is 5.82 Å². The van der Waals surface area contributed by atoms with Gasteiger partial charge in [0.1, 0.15) is 0 Å². The Labute approximate surface area is 174 Å². The second kappa shape index (κ2) is 8.61. The fraction of sp³-hybridized carbons (Fsp3) is 0.318. The Kier molecular flexibility index (Phi) is 5.76. The van der Waals surface area contributed by atoms with Crippen LogP contribution in [0.4, 0.5) is 11.5 Å². The van der Waals surface area contributed by atoms with Crippen molar-refractivity contribution in [3.8, 4) is 0 Å². The van der Waals surface area contributed by atoms with Crippen molar-refractivity contribution < 1.29 is 4.79 Å². The van der Waals surface area contributed by atoms with Gasteiger partial charge in [-0.25, -0.2) is 0 Å². The number of rotatable bonds is 7. The van der Waals surface area contributed by atoms with Crippen molar-refractivity contribution in [1.29, 1.82) is 0 Å². The number of nitrogens with one attached hydrogen (secondary N) is 2. The second-order valence-electron chi connectivity index (χ2n) is 7.26. The van der Waals surface area contributed by atoms with Crippen molar-refractivity contribution in [2.45, 2.75) is 19.8 Å². The van der Waals surface area contributed by atoms with E-state index in [-0.39, 0.29) is 5.91 Å². The van der Waals surface area contributed by atoms with E-state index in [0.29, 0.717) is 12.5 Å². The molecule has 0 saturated carbocycles. The first-order valence-electron chi connectivity index (χ1n) is 9.88. The molecule has 29 heavy (non-hydrogen) atoms. The molecule has 6 nitrogen and oxygen atoms in total. The summed E-state index contributed by atoms with van der Waals surface area (Å²) in [5.74, 6) is 1.20. The van der Waals surface area contributed by atoms with Gasteiger partial charge in [-0.3, -0.25) is 14.5 Å². The summed E-state index contributed by atoms with van der Waals surface area (Å²) in [6.07, 6.45) is 3.76. The molecule has 0 spiro atoms. The van der Waals surface area contributed by atoms with Crippen LogP contribution in [0.25, 0.3) is 0 Å². The first-order valence-corrected chi connectivity index (χ1v) is 10.7. The van der Waals surface area contributed by atoms with Crippen LogP contribution < -0.4 is 10.6 Å². The largest absolute Gasteiger partial charge is 0.351 e. The van der Waals surface area contributed by atoms with Crippen LogP contribution in [0.1, 0.15) is 33.5 Å². The number of hydrogen-bond acceptors (Lipinski definition) is 5. The van der Waals surface area contributed by atoms with Crippen molar-refractivity contribution in [2.24, 2.45) is 18.0 Å². The van der Waals surface area contributed by atoms with Gasteiger partial charge in [-0.05, 0) is 42.7 Å². The molecule has 0 saturated heterocycles. The van der Waals surface area contributed by atoms with Gasteiger partial charge in [-0.2, -0.15) is 5.10 Å². The minimum absolute atomic E-state index is 0.0214. The molecule has 1 aliphatic rings. The average molecular weight is 408 g/mol. The van der Waals surface area contributed by atoms with E-state index in [4.69, 9.17) is 4.99 Å². The minimum Gasteiger partial charge on any atom is -0.351 e. The molecule has 3 heterocycles. The van der Waals surface area contributed by atoms with E-state index in [1.807, 2.05) is 43.6 Å². The van der Waals surface area contributed by atoms with Crippen LogP contribution in [-0.2, 0) is 13.5 Å². The van der Waals surface area contributed by atoms with E-state index >= 15 is 0 Å². The molecule has 2 N–H and O–H groups in total. The van der Waals surface area contributed by atoms with E-state index < -0.39 is 0 Å². The Balaban J connectivity index is 1.28. The number of hydrogen-bond donors (Lipinski definition) is 2. The van der Waals surface area contributed by atoms with Gasteiger partial charge in [0.05, 0.1) is 4.88 Å². The van der Waals surface area contributed by atoms with Crippen molar-refractivity contribution in [3.05, 3.63) is 64.0 Å². The molecular formula is C22H25N5OS. The zero-order valence-electron chi connectivity index (χ0n) is 16.7. The van der Waals surface area contributed by atoms with Gasteiger partial charge in [0.25, 0.3) is 5.91 Å². The highest BCUT2D eigenvalue weighted by molar-refractivity contribution is 7.14. The Bertz CT molecular complexity index is 1020. The molecule has 2 aromatic heterocycles. The number of nitrogens with zero attached hydrogens (tertiary/aromatic N) is 3. The van der Waals surface area contributed by atoms with Crippen molar-refractivity contribution >= 4 is 34.5 Å². The average Bonchev–Trinajstić information content (AvgIpc) is 3.48. The highest BCUT2D eigenvalue weighted by Gasteiger charge is 2.21. The van der Waals surface area contributed by atoms with Crippen LogP contribution >= 0.6 is 11.3 Å². The normalized spacial score (nSPS) is 15.9. The molecule has 0 bridgehead atoms. The van der Waals surface area contributed by atoms with Gasteiger partial charge < -0.3 is 10.6 Å². The van der Waals surface area contributed by atoms with Crippen LogP contribution in [0.15, 0.2) is 53.7 Å². The van der Waals surface area contributed by atoms with Gasteiger partial charge in [-0.1, -0.05) is 19.1 Å². The first kappa shape index (κ1) is 19.4. The third-order valence-electron chi connectivity index (χ3n) is 5.01. The van der Waals surface area contributed by atoms with Crippen LogP contribution in [0, 0.1) is 5.92 Å². The second-order valence-corrected chi connectivity index (χ2v) is 8.43. The molecule has 7 heteroatoms. The molecule has 1 unspecified atom stereocenters. The lowest BCUT2D eigenvalue weighted by Gasteiger charge is -2.10. The summed E-state index contributed by atoms with van der Waals surface area (Å²) >= 11 is 1.57. The SMILES string of the molecule is CCc1ccc(C(=O)NCC2CN=C(c3ccc(Nc4ccn(C)n4)cc3)C2)s1. The predicted octanol–water partition coefficient (Wildman–Crippen LogP) is 4.03. The standard InChI is InChI=1S/C22H25N5OS/c1-3-18-8-9-20(29-18)22(28)24-14-15-12-19(23-13-15)16-4-6-17(7-5-16)25-21-10-11-27(2)26-21/h4-11,15H,3,12-14H2,1-2H3,(H,24,28)(H,25,26). The number of aromatic nitrogens is 2. The minimum atomic E-state index is 0.0214. The monoisotopic (exact) mass is 407 g/mol. The highest BCUT2D eigenvalue weighted by Crippen LogP contribution is 2.22. The highest BCUT2D eigenvalue weighted by atomic mass is 32.1. The maximum Gasteiger partial charge on any atom is 0.261 e. The summed E-state index contributed by atoms with van der Waals surface area (Å²) in [4.78, 5) is 19.1. The molecule has 4 rings (SSSR count). The van der Waals surface area contributed by atoms with E-state index in [9.17, 15) is 4.79 Å². The van der Waals surface area contributed by atoms with Gasteiger partial charge in [0, 0.05) is 54.6 Å². The third kappa shape index (κ3) is 4.74. The zero-order chi connectivity index (χ0) is 20.2. The molecule has 150 valence electrons. The Morgan fingerprint density at radius 3 is 2.72 bits per heavy atom. The molecule has 1 atom stereocenters. The summed E-state index contributed by atoms with van der Waals surface area (Å²) < 4.78 is 1.77. The quantitative estimate of drug-likeness (QED) is 0.621. The summed E-state index contributed by atoms with van der Waals surface area (Å²) in [6.45, 7) is 3.52. The predicted molar refractivity (Wildman–Crippen MR) is 118 cm³/mol. The van der Waals surface area contributed by atoms with E-state index in [1.54, 1.807) is 16.0 Å². The lowest BCUT2D eigenvalue weighted by Crippen LogP contribution is -2.29. The van der Waals surface area contributed by atoms with Gasteiger partial charge in [-0.15, -0.1) is 11.3 Å². The van der Waals surface area contributed by atoms with Crippen molar-refractivity contribution in [1.82, 2.24) is 15.1 Å². The molecule has 3 aromatic rings. The first-order chi connectivity index (χ1) is 14.1. The molecule has 0 fully saturated rings.